The van der Waals surface area contributed by atoms with Gasteiger partial charge in [-0.05, 0) is 17.7 Å². The molecule has 0 radical (unpaired) electrons. The Balaban J connectivity index is 1.36. The molecule has 0 atom stereocenters. The van der Waals surface area contributed by atoms with Crippen LogP contribution in [-0.2, 0) is 27.1 Å². The maximum atomic E-state index is 12.6. The number of hydrogen-bond acceptors (Lipinski definition) is 5. The summed E-state index contributed by atoms with van der Waals surface area (Å²) in [7, 11) is -3.40. The molecule has 0 N–H and O–H groups in total. The van der Waals surface area contributed by atoms with E-state index in [9.17, 15) is 13.2 Å². The van der Waals surface area contributed by atoms with Crippen LogP contribution >= 0.6 is 0 Å². The first-order valence-electron chi connectivity index (χ1n) is 9.11. The van der Waals surface area contributed by atoms with Gasteiger partial charge in [-0.3, -0.25) is 4.79 Å². The van der Waals surface area contributed by atoms with Crippen LogP contribution in [0, 0.1) is 0 Å². The molecule has 1 fully saturated rings. The zero-order valence-electron chi connectivity index (χ0n) is 15.3. The second-order valence-corrected chi connectivity index (χ2v) is 8.73. The van der Waals surface area contributed by atoms with E-state index >= 15 is 0 Å². The van der Waals surface area contributed by atoms with Gasteiger partial charge in [-0.1, -0.05) is 47.7 Å². The van der Waals surface area contributed by atoms with Crippen molar-refractivity contribution in [1.82, 2.24) is 24.2 Å². The van der Waals surface area contributed by atoms with Crippen molar-refractivity contribution in [3.05, 3.63) is 60.2 Å². The number of nitrogens with zero attached hydrogens (tertiary/aromatic N) is 5. The third kappa shape index (κ3) is 3.90. The number of aromatic nitrogens is 3. The van der Waals surface area contributed by atoms with E-state index in [1.165, 1.54) is 4.31 Å². The highest BCUT2D eigenvalue weighted by atomic mass is 32.2. The smallest absolute Gasteiger partial charge is 0.244 e. The Morgan fingerprint density at radius 3 is 2.36 bits per heavy atom. The molecule has 3 aromatic rings. The summed E-state index contributed by atoms with van der Waals surface area (Å²) in [6.45, 7) is 1.45. The molecule has 1 aromatic heterocycles. The van der Waals surface area contributed by atoms with Crippen molar-refractivity contribution in [3.63, 3.8) is 0 Å². The van der Waals surface area contributed by atoms with Gasteiger partial charge >= 0.3 is 0 Å². The van der Waals surface area contributed by atoms with Crippen LogP contribution in [0.15, 0.2) is 54.6 Å². The zero-order chi connectivity index (χ0) is 19.6. The van der Waals surface area contributed by atoms with Gasteiger partial charge < -0.3 is 4.90 Å². The fraction of sp³-hybridized carbons (Fsp3) is 0.316. The molecule has 8 nitrogen and oxygen atoms in total. The molecule has 2 aromatic carbocycles. The molecule has 0 unspecified atom stereocenters. The van der Waals surface area contributed by atoms with Crippen molar-refractivity contribution < 1.29 is 13.2 Å². The minimum Gasteiger partial charge on any atom is -0.338 e. The predicted octanol–water partition coefficient (Wildman–Crippen LogP) is 1.11. The zero-order valence-corrected chi connectivity index (χ0v) is 16.1. The molecule has 0 bridgehead atoms. The lowest BCUT2D eigenvalue weighted by molar-refractivity contribution is -0.133. The summed E-state index contributed by atoms with van der Waals surface area (Å²) in [5.74, 6) is -0.108. The number of carbonyl (C=O) groups is 1. The number of rotatable bonds is 5. The van der Waals surface area contributed by atoms with E-state index in [1.807, 2.05) is 42.5 Å². The quantitative estimate of drug-likeness (QED) is 0.641. The van der Waals surface area contributed by atoms with E-state index in [4.69, 9.17) is 0 Å². The minimum atomic E-state index is -3.40. The number of carbonyl (C=O) groups excluding carboxylic acids is 1. The van der Waals surface area contributed by atoms with Crippen LogP contribution in [0.25, 0.3) is 11.0 Å². The summed E-state index contributed by atoms with van der Waals surface area (Å²) >= 11 is 0. The number of fused-ring (bicyclic) bond motifs is 1. The van der Waals surface area contributed by atoms with Gasteiger partial charge in [-0.15, -0.1) is 5.10 Å². The number of benzene rings is 2. The summed E-state index contributed by atoms with van der Waals surface area (Å²) in [5, 5.41) is 8.10. The number of hydrogen-bond donors (Lipinski definition) is 0. The van der Waals surface area contributed by atoms with Gasteiger partial charge in [0.2, 0.25) is 15.9 Å². The van der Waals surface area contributed by atoms with Crippen molar-refractivity contribution in [3.8, 4) is 0 Å². The average Bonchev–Trinajstić information content (AvgIpc) is 3.11. The Bertz CT molecular complexity index is 1070. The second-order valence-electron chi connectivity index (χ2n) is 6.76. The molecule has 1 aliphatic heterocycles. The number of sulfonamides is 1. The lowest BCUT2D eigenvalue weighted by atomic mass is 10.2. The van der Waals surface area contributed by atoms with Gasteiger partial charge in [-0.25, -0.2) is 13.1 Å². The number of para-hydroxylation sites is 1. The van der Waals surface area contributed by atoms with Crippen molar-refractivity contribution in [2.45, 2.75) is 12.3 Å². The first kappa shape index (κ1) is 18.6. The highest BCUT2D eigenvalue weighted by molar-refractivity contribution is 7.88. The van der Waals surface area contributed by atoms with Gasteiger partial charge in [-0.2, -0.15) is 4.31 Å². The molecule has 0 spiro atoms. The van der Waals surface area contributed by atoms with Crippen molar-refractivity contribution in [2.24, 2.45) is 0 Å². The molecule has 0 aliphatic carbocycles. The van der Waals surface area contributed by atoms with Crippen LogP contribution in [0.5, 0.6) is 0 Å². The summed E-state index contributed by atoms with van der Waals surface area (Å²) in [5.41, 5.74) is 2.31. The molecule has 146 valence electrons. The first-order chi connectivity index (χ1) is 13.5. The molecule has 1 saturated heterocycles. The van der Waals surface area contributed by atoms with E-state index < -0.39 is 10.0 Å². The van der Waals surface area contributed by atoms with Gasteiger partial charge in [0, 0.05) is 26.2 Å². The van der Waals surface area contributed by atoms with E-state index in [0.29, 0.717) is 26.2 Å². The first-order valence-corrected chi connectivity index (χ1v) is 10.7. The third-order valence-corrected chi connectivity index (χ3v) is 6.73. The van der Waals surface area contributed by atoms with Crippen LogP contribution < -0.4 is 0 Å². The lowest BCUT2D eigenvalue weighted by Crippen LogP contribution is -2.51. The Morgan fingerprint density at radius 2 is 1.61 bits per heavy atom. The second kappa shape index (κ2) is 7.69. The molecule has 1 aliphatic rings. The Labute approximate surface area is 163 Å². The summed E-state index contributed by atoms with van der Waals surface area (Å²) in [6.07, 6.45) is 0. The maximum absolute atomic E-state index is 12.6. The topological polar surface area (TPSA) is 88.4 Å². The van der Waals surface area contributed by atoms with Gasteiger partial charge in [0.15, 0.2) is 0 Å². The lowest BCUT2D eigenvalue weighted by Gasteiger charge is -2.34. The van der Waals surface area contributed by atoms with Gasteiger partial charge in [0.25, 0.3) is 0 Å². The summed E-state index contributed by atoms with van der Waals surface area (Å²) in [6, 6.07) is 16.6. The third-order valence-electron chi connectivity index (χ3n) is 4.88. The summed E-state index contributed by atoms with van der Waals surface area (Å²) in [4.78, 5) is 14.3. The number of amides is 1. The molecular formula is C19H21N5O3S. The summed E-state index contributed by atoms with van der Waals surface area (Å²) < 4.78 is 28.3. The molecule has 0 saturated carbocycles. The van der Waals surface area contributed by atoms with Crippen molar-refractivity contribution in [1.29, 1.82) is 0 Å². The van der Waals surface area contributed by atoms with Crippen LogP contribution in [0.1, 0.15) is 5.56 Å². The molecule has 1 amide bonds. The normalized spacial score (nSPS) is 15.8. The standard InChI is InChI=1S/C19H21N5O3S/c25-19(14-24-18-9-5-4-8-17(18)20-21-24)22-10-12-23(13-11-22)28(26,27)15-16-6-2-1-3-7-16/h1-9H,10-15H2. The molecule has 2 heterocycles. The van der Waals surface area contributed by atoms with E-state index in [2.05, 4.69) is 10.3 Å². The monoisotopic (exact) mass is 399 g/mol. The largest absolute Gasteiger partial charge is 0.338 e. The van der Waals surface area contributed by atoms with Gasteiger partial charge in [0.05, 0.1) is 11.3 Å². The minimum absolute atomic E-state index is 0.0211. The van der Waals surface area contributed by atoms with Crippen LogP contribution in [0.3, 0.4) is 0 Å². The fourth-order valence-corrected chi connectivity index (χ4v) is 4.87. The highest BCUT2D eigenvalue weighted by Crippen LogP contribution is 2.15. The van der Waals surface area contributed by atoms with E-state index in [0.717, 1.165) is 16.6 Å². The van der Waals surface area contributed by atoms with Crippen LogP contribution in [0.4, 0.5) is 0 Å². The van der Waals surface area contributed by atoms with Crippen LogP contribution in [0.2, 0.25) is 0 Å². The highest BCUT2D eigenvalue weighted by Gasteiger charge is 2.29. The Kier molecular flexibility index (Phi) is 5.10. The molecule has 4 rings (SSSR count). The Hall–Kier alpha value is -2.78. The van der Waals surface area contributed by atoms with Crippen molar-refractivity contribution >= 4 is 27.0 Å². The number of piperazine rings is 1. The van der Waals surface area contributed by atoms with E-state index in [-0.39, 0.29) is 18.2 Å². The van der Waals surface area contributed by atoms with Crippen LogP contribution in [-0.4, -0.2) is 64.7 Å². The average molecular weight is 399 g/mol. The SMILES string of the molecule is O=C(Cn1nnc2ccccc21)N1CCN(S(=O)(=O)Cc2ccccc2)CC1. The van der Waals surface area contributed by atoms with E-state index in [1.54, 1.807) is 21.7 Å². The molecule has 28 heavy (non-hydrogen) atoms. The molecule has 9 heteroatoms. The van der Waals surface area contributed by atoms with Crippen molar-refractivity contribution in [2.75, 3.05) is 26.2 Å². The van der Waals surface area contributed by atoms with Gasteiger partial charge in [0.1, 0.15) is 12.1 Å². The maximum Gasteiger partial charge on any atom is 0.244 e. The Morgan fingerprint density at radius 1 is 0.929 bits per heavy atom. The fourth-order valence-electron chi connectivity index (χ4n) is 3.35. The predicted molar refractivity (Wildman–Crippen MR) is 105 cm³/mol. The molecular weight excluding hydrogens is 378 g/mol.